The van der Waals surface area contributed by atoms with Gasteiger partial charge in [-0.2, -0.15) is 0 Å². The molecule has 1 unspecified atom stereocenters. The Morgan fingerprint density at radius 2 is 2.06 bits per heavy atom. The fourth-order valence-electron chi connectivity index (χ4n) is 1.79. The third-order valence-electron chi connectivity index (χ3n) is 2.60. The van der Waals surface area contributed by atoms with E-state index in [0.717, 1.165) is 30.7 Å². The van der Waals surface area contributed by atoms with Crippen molar-refractivity contribution >= 4 is 15.9 Å². The van der Waals surface area contributed by atoms with Gasteiger partial charge in [0, 0.05) is 11.1 Å². The van der Waals surface area contributed by atoms with E-state index in [9.17, 15) is 0 Å². The number of halogens is 1. The first-order valence-electron chi connectivity index (χ1n) is 6.25. The molecule has 0 bridgehead atoms. The van der Waals surface area contributed by atoms with Crippen LogP contribution in [-0.4, -0.2) is 19.8 Å². The maximum atomic E-state index is 5.55. The highest BCUT2D eigenvalue weighted by atomic mass is 79.9. The lowest BCUT2D eigenvalue weighted by molar-refractivity contribution is 0.123. The Kier molecular flexibility index (Phi) is 6.78. The zero-order valence-electron chi connectivity index (χ0n) is 10.9. The SMILES string of the molecule is CCCNC(COCC)c1cc(C)cc(Br)c1. The van der Waals surface area contributed by atoms with Gasteiger partial charge in [-0.05, 0) is 50.1 Å². The van der Waals surface area contributed by atoms with Gasteiger partial charge in [-0.3, -0.25) is 0 Å². The minimum atomic E-state index is 0.283. The Balaban J connectivity index is 2.78. The summed E-state index contributed by atoms with van der Waals surface area (Å²) in [6.45, 7) is 8.83. The van der Waals surface area contributed by atoms with Gasteiger partial charge in [0.2, 0.25) is 0 Å². The number of ether oxygens (including phenoxy) is 1. The first-order chi connectivity index (χ1) is 8.17. The largest absolute Gasteiger partial charge is 0.380 e. The van der Waals surface area contributed by atoms with E-state index in [2.05, 4.69) is 53.3 Å². The summed E-state index contributed by atoms with van der Waals surface area (Å²) in [6, 6.07) is 6.79. The summed E-state index contributed by atoms with van der Waals surface area (Å²) in [4.78, 5) is 0. The van der Waals surface area contributed by atoms with E-state index in [1.165, 1.54) is 11.1 Å². The number of benzene rings is 1. The maximum Gasteiger partial charge on any atom is 0.0661 e. The standard InChI is InChI=1S/C14H22BrNO/c1-4-6-16-14(10-17-5-2)12-7-11(3)8-13(15)9-12/h7-9,14,16H,4-6,10H2,1-3H3. The van der Waals surface area contributed by atoms with Gasteiger partial charge in [0.05, 0.1) is 12.6 Å². The van der Waals surface area contributed by atoms with Gasteiger partial charge in [-0.15, -0.1) is 0 Å². The Labute approximate surface area is 113 Å². The minimum Gasteiger partial charge on any atom is -0.380 e. The molecular formula is C14H22BrNO. The van der Waals surface area contributed by atoms with E-state index in [1.54, 1.807) is 0 Å². The van der Waals surface area contributed by atoms with Crippen molar-refractivity contribution in [3.63, 3.8) is 0 Å². The van der Waals surface area contributed by atoms with E-state index >= 15 is 0 Å². The summed E-state index contributed by atoms with van der Waals surface area (Å²) in [5, 5.41) is 3.53. The molecule has 0 aliphatic carbocycles. The summed E-state index contributed by atoms with van der Waals surface area (Å²) in [6.07, 6.45) is 1.13. The van der Waals surface area contributed by atoms with E-state index in [0.29, 0.717) is 0 Å². The molecule has 0 radical (unpaired) electrons. The minimum absolute atomic E-state index is 0.283. The zero-order chi connectivity index (χ0) is 12.7. The van der Waals surface area contributed by atoms with Crippen LogP contribution in [0.2, 0.25) is 0 Å². The number of rotatable bonds is 7. The van der Waals surface area contributed by atoms with Gasteiger partial charge >= 0.3 is 0 Å². The van der Waals surface area contributed by atoms with Gasteiger partial charge in [0.15, 0.2) is 0 Å². The van der Waals surface area contributed by atoms with Gasteiger partial charge in [0.25, 0.3) is 0 Å². The zero-order valence-corrected chi connectivity index (χ0v) is 12.5. The summed E-state index contributed by atoms with van der Waals surface area (Å²) in [7, 11) is 0. The van der Waals surface area contributed by atoms with Crippen molar-refractivity contribution < 1.29 is 4.74 Å². The van der Waals surface area contributed by atoms with Crippen LogP contribution in [-0.2, 0) is 4.74 Å². The number of aryl methyl sites for hydroxylation is 1. The van der Waals surface area contributed by atoms with Crippen molar-refractivity contribution in [2.45, 2.75) is 33.2 Å². The first kappa shape index (κ1) is 14.7. The van der Waals surface area contributed by atoms with Crippen LogP contribution in [0.15, 0.2) is 22.7 Å². The van der Waals surface area contributed by atoms with Gasteiger partial charge in [0.1, 0.15) is 0 Å². The van der Waals surface area contributed by atoms with Crippen LogP contribution in [0.5, 0.6) is 0 Å². The predicted octanol–water partition coefficient (Wildman–Crippen LogP) is 3.83. The number of hydrogen-bond acceptors (Lipinski definition) is 2. The fourth-order valence-corrected chi connectivity index (χ4v) is 2.42. The molecule has 1 atom stereocenters. The van der Waals surface area contributed by atoms with E-state index in [4.69, 9.17) is 4.74 Å². The van der Waals surface area contributed by atoms with Gasteiger partial charge in [-0.1, -0.05) is 28.9 Å². The summed E-state index contributed by atoms with van der Waals surface area (Å²) < 4.78 is 6.68. The van der Waals surface area contributed by atoms with E-state index in [1.807, 2.05) is 6.92 Å². The molecule has 0 fully saturated rings. The maximum absolute atomic E-state index is 5.55. The van der Waals surface area contributed by atoms with Crippen LogP contribution < -0.4 is 5.32 Å². The molecule has 0 amide bonds. The lowest BCUT2D eigenvalue weighted by atomic mass is 10.0. The second-order valence-electron chi connectivity index (χ2n) is 4.23. The van der Waals surface area contributed by atoms with Crippen LogP contribution >= 0.6 is 15.9 Å². The van der Waals surface area contributed by atoms with Crippen molar-refractivity contribution in [3.8, 4) is 0 Å². The third-order valence-corrected chi connectivity index (χ3v) is 3.05. The lowest BCUT2D eigenvalue weighted by Crippen LogP contribution is -2.26. The second kappa shape index (κ2) is 7.85. The van der Waals surface area contributed by atoms with Gasteiger partial charge < -0.3 is 10.1 Å². The van der Waals surface area contributed by atoms with Crippen LogP contribution in [0.3, 0.4) is 0 Å². The molecule has 96 valence electrons. The molecule has 0 saturated carbocycles. The van der Waals surface area contributed by atoms with Crippen molar-refractivity contribution in [1.82, 2.24) is 5.32 Å². The molecule has 2 nitrogen and oxygen atoms in total. The summed E-state index contributed by atoms with van der Waals surface area (Å²) in [5.41, 5.74) is 2.56. The molecular weight excluding hydrogens is 278 g/mol. The van der Waals surface area contributed by atoms with Crippen molar-refractivity contribution in [2.24, 2.45) is 0 Å². The average molecular weight is 300 g/mol. The molecule has 0 aliphatic heterocycles. The molecule has 0 saturated heterocycles. The highest BCUT2D eigenvalue weighted by Gasteiger charge is 2.11. The predicted molar refractivity (Wildman–Crippen MR) is 76.4 cm³/mol. The van der Waals surface area contributed by atoms with Crippen molar-refractivity contribution in [1.29, 1.82) is 0 Å². The van der Waals surface area contributed by atoms with Crippen molar-refractivity contribution in [3.05, 3.63) is 33.8 Å². The fraction of sp³-hybridized carbons (Fsp3) is 0.571. The van der Waals surface area contributed by atoms with Crippen LogP contribution in [0.4, 0.5) is 0 Å². The molecule has 1 N–H and O–H groups in total. The normalized spacial score (nSPS) is 12.7. The summed E-state index contributed by atoms with van der Waals surface area (Å²) in [5.74, 6) is 0. The van der Waals surface area contributed by atoms with E-state index < -0.39 is 0 Å². The second-order valence-corrected chi connectivity index (χ2v) is 5.14. The molecule has 0 aromatic heterocycles. The van der Waals surface area contributed by atoms with Gasteiger partial charge in [-0.25, -0.2) is 0 Å². The molecule has 1 rings (SSSR count). The molecule has 3 heteroatoms. The Bertz CT molecular complexity index is 313. The van der Waals surface area contributed by atoms with Crippen LogP contribution in [0, 0.1) is 6.92 Å². The molecule has 0 aliphatic rings. The molecule has 0 heterocycles. The third kappa shape index (κ3) is 5.19. The molecule has 1 aromatic rings. The van der Waals surface area contributed by atoms with Crippen molar-refractivity contribution in [2.75, 3.05) is 19.8 Å². The topological polar surface area (TPSA) is 21.3 Å². The molecule has 0 spiro atoms. The van der Waals surface area contributed by atoms with E-state index in [-0.39, 0.29) is 6.04 Å². The Morgan fingerprint density at radius 1 is 1.29 bits per heavy atom. The number of nitrogens with one attached hydrogen (secondary N) is 1. The van der Waals surface area contributed by atoms with Crippen LogP contribution in [0.1, 0.15) is 37.4 Å². The molecule has 17 heavy (non-hydrogen) atoms. The average Bonchev–Trinajstić information content (AvgIpc) is 2.28. The monoisotopic (exact) mass is 299 g/mol. The highest BCUT2D eigenvalue weighted by Crippen LogP contribution is 2.21. The first-order valence-corrected chi connectivity index (χ1v) is 7.04. The Morgan fingerprint density at radius 3 is 2.65 bits per heavy atom. The lowest BCUT2D eigenvalue weighted by Gasteiger charge is -2.19. The Hall–Kier alpha value is -0.380. The molecule has 1 aromatic carbocycles. The number of hydrogen-bond donors (Lipinski definition) is 1. The summed E-state index contributed by atoms with van der Waals surface area (Å²) >= 11 is 3.55. The van der Waals surface area contributed by atoms with Crippen LogP contribution in [0.25, 0.3) is 0 Å². The quantitative estimate of drug-likeness (QED) is 0.826. The smallest absolute Gasteiger partial charge is 0.0661 e. The highest BCUT2D eigenvalue weighted by molar-refractivity contribution is 9.10.